The molecule has 0 aromatic rings. The summed E-state index contributed by atoms with van der Waals surface area (Å²) in [6.07, 6.45) is 3.72. The molecule has 0 saturated carbocycles. The summed E-state index contributed by atoms with van der Waals surface area (Å²) in [6.45, 7) is 2.11. The van der Waals surface area contributed by atoms with Crippen LogP contribution in [0.15, 0.2) is 0 Å². The molecule has 0 bridgehead atoms. The number of amides is 2. The molecule has 16 heavy (non-hydrogen) atoms. The Morgan fingerprint density at radius 3 is 1.94 bits per heavy atom. The highest BCUT2D eigenvalue weighted by Crippen LogP contribution is 2.02. The van der Waals surface area contributed by atoms with Crippen molar-refractivity contribution in [3.63, 3.8) is 0 Å². The SMILES string of the molecule is CCCCCC(NC(=O)CBr)NC(=O)CBr. The van der Waals surface area contributed by atoms with Gasteiger partial charge < -0.3 is 10.6 Å². The molecule has 2 N–H and O–H groups in total. The minimum absolute atomic E-state index is 0.114. The summed E-state index contributed by atoms with van der Waals surface area (Å²) in [5, 5.41) is 6.01. The first-order chi connectivity index (χ1) is 7.63. The second-order valence-corrected chi connectivity index (χ2v) is 4.57. The minimum Gasteiger partial charge on any atom is -0.335 e. The van der Waals surface area contributed by atoms with Gasteiger partial charge in [0.2, 0.25) is 11.8 Å². The molecular weight excluding hydrogens is 340 g/mol. The van der Waals surface area contributed by atoms with Gasteiger partial charge in [-0.2, -0.15) is 0 Å². The van der Waals surface area contributed by atoms with E-state index in [2.05, 4.69) is 49.4 Å². The summed E-state index contributed by atoms with van der Waals surface area (Å²) in [7, 11) is 0. The predicted octanol–water partition coefficient (Wildman–Crippen LogP) is 1.92. The molecule has 0 atom stereocenters. The topological polar surface area (TPSA) is 58.2 Å². The zero-order chi connectivity index (χ0) is 12.4. The Hall–Kier alpha value is -0.100. The van der Waals surface area contributed by atoms with Gasteiger partial charge in [0.25, 0.3) is 0 Å². The van der Waals surface area contributed by atoms with Gasteiger partial charge in [-0.05, 0) is 12.8 Å². The van der Waals surface area contributed by atoms with Crippen LogP contribution in [0.5, 0.6) is 0 Å². The summed E-state index contributed by atoms with van der Waals surface area (Å²) in [6, 6.07) is 0. The Kier molecular flexibility index (Phi) is 10.0. The van der Waals surface area contributed by atoms with Gasteiger partial charge >= 0.3 is 0 Å². The third-order valence-electron chi connectivity index (χ3n) is 2.01. The number of hydrogen-bond acceptors (Lipinski definition) is 2. The molecule has 0 saturated heterocycles. The maximum atomic E-state index is 11.2. The van der Waals surface area contributed by atoms with Crippen LogP contribution in [0.3, 0.4) is 0 Å². The molecule has 6 heteroatoms. The summed E-state index contributed by atoms with van der Waals surface area (Å²) in [5.41, 5.74) is 0. The Morgan fingerprint density at radius 1 is 1.06 bits per heavy atom. The van der Waals surface area contributed by atoms with E-state index in [4.69, 9.17) is 0 Å². The number of alkyl halides is 2. The second-order valence-electron chi connectivity index (χ2n) is 3.45. The van der Waals surface area contributed by atoms with E-state index in [0.29, 0.717) is 0 Å². The lowest BCUT2D eigenvalue weighted by atomic mass is 10.1. The minimum atomic E-state index is -0.262. The first kappa shape index (κ1) is 15.9. The van der Waals surface area contributed by atoms with Crippen molar-refractivity contribution >= 4 is 43.7 Å². The van der Waals surface area contributed by atoms with Crippen LogP contribution in [0, 0.1) is 0 Å². The van der Waals surface area contributed by atoms with E-state index in [-0.39, 0.29) is 28.6 Å². The number of unbranched alkanes of at least 4 members (excludes halogenated alkanes) is 2. The van der Waals surface area contributed by atoms with Gasteiger partial charge in [-0.3, -0.25) is 9.59 Å². The van der Waals surface area contributed by atoms with Gasteiger partial charge in [-0.1, -0.05) is 51.6 Å². The molecule has 0 aromatic carbocycles. The van der Waals surface area contributed by atoms with Crippen molar-refractivity contribution in [2.45, 2.75) is 38.8 Å². The highest BCUT2D eigenvalue weighted by Gasteiger charge is 2.13. The van der Waals surface area contributed by atoms with Crippen LogP contribution in [-0.4, -0.2) is 28.6 Å². The molecule has 0 fully saturated rings. The largest absolute Gasteiger partial charge is 0.335 e. The van der Waals surface area contributed by atoms with Crippen molar-refractivity contribution in [1.82, 2.24) is 10.6 Å². The van der Waals surface area contributed by atoms with E-state index in [9.17, 15) is 9.59 Å². The highest BCUT2D eigenvalue weighted by molar-refractivity contribution is 9.09. The van der Waals surface area contributed by atoms with Crippen LogP contribution < -0.4 is 10.6 Å². The van der Waals surface area contributed by atoms with Crippen molar-refractivity contribution < 1.29 is 9.59 Å². The molecule has 0 aromatic heterocycles. The standard InChI is InChI=1S/C10H18Br2N2O2/c1-2-3-4-5-8(13-9(15)6-11)14-10(16)7-12/h8H,2-7H2,1H3,(H,13,15)(H,14,16). The van der Waals surface area contributed by atoms with E-state index < -0.39 is 0 Å². The zero-order valence-corrected chi connectivity index (χ0v) is 12.6. The normalized spacial score (nSPS) is 10.2. The molecule has 4 nitrogen and oxygen atoms in total. The summed E-state index contributed by atoms with van der Waals surface area (Å²) < 4.78 is 0. The average molecular weight is 358 g/mol. The average Bonchev–Trinajstić information content (AvgIpc) is 2.28. The van der Waals surface area contributed by atoms with E-state index in [1.165, 1.54) is 0 Å². The Morgan fingerprint density at radius 2 is 1.56 bits per heavy atom. The third kappa shape index (κ3) is 8.10. The smallest absolute Gasteiger partial charge is 0.232 e. The van der Waals surface area contributed by atoms with Crippen molar-refractivity contribution in [2.24, 2.45) is 0 Å². The van der Waals surface area contributed by atoms with E-state index in [0.717, 1.165) is 25.7 Å². The number of hydrogen-bond donors (Lipinski definition) is 2. The first-order valence-corrected chi connectivity index (χ1v) is 7.59. The quantitative estimate of drug-likeness (QED) is 0.396. The summed E-state index contributed by atoms with van der Waals surface area (Å²) in [4.78, 5) is 22.4. The molecule has 0 spiro atoms. The van der Waals surface area contributed by atoms with Crippen LogP contribution in [-0.2, 0) is 9.59 Å². The molecular formula is C10H18Br2N2O2. The lowest BCUT2D eigenvalue weighted by Gasteiger charge is -2.19. The summed E-state index contributed by atoms with van der Waals surface area (Å²) in [5.74, 6) is -0.229. The van der Waals surface area contributed by atoms with Gasteiger partial charge in [-0.15, -0.1) is 0 Å². The van der Waals surface area contributed by atoms with Crippen LogP contribution in [0.4, 0.5) is 0 Å². The fourth-order valence-electron chi connectivity index (χ4n) is 1.24. The van der Waals surface area contributed by atoms with Crippen molar-refractivity contribution in [2.75, 3.05) is 10.7 Å². The second kappa shape index (κ2) is 10.1. The first-order valence-electron chi connectivity index (χ1n) is 5.34. The number of halogens is 2. The fourth-order valence-corrected chi connectivity index (χ4v) is 1.57. The van der Waals surface area contributed by atoms with E-state index >= 15 is 0 Å². The van der Waals surface area contributed by atoms with Gasteiger partial charge in [-0.25, -0.2) is 0 Å². The van der Waals surface area contributed by atoms with Gasteiger partial charge in [0.05, 0.1) is 10.7 Å². The van der Waals surface area contributed by atoms with E-state index in [1.807, 2.05) is 0 Å². The predicted molar refractivity (Wildman–Crippen MR) is 71.8 cm³/mol. The fraction of sp³-hybridized carbons (Fsp3) is 0.800. The van der Waals surface area contributed by atoms with E-state index in [1.54, 1.807) is 0 Å². The molecule has 2 amide bonds. The molecule has 0 unspecified atom stereocenters. The molecule has 0 aliphatic rings. The Balaban J connectivity index is 4.04. The van der Waals surface area contributed by atoms with Crippen LogP contribution in [0.25, 0.3) is 0 Å². The molecule has 0 radical (unpaired) electrons. The monoisotopic (exact) mass is 356 g/mol. The van der Waals surface area contributed by atoms with Crippen LogP contribution in [0.1, 0.15) is 32.6 Å². The Labute approximate surface area is 113 Å². The maximum Gasteiger partial charge on any atom is 0.232 e. The number of rotatable bonds is 8. The van der Waals surface area contributed by atoms with Gasteiger partial charge in [0.15, 0.2) is 0 Å². The number of carbonyl (C=O) groups is 2. The van der Waals surface area contributed by atoms with Crippen LogP contribution >= 0.6 is 31.9 Å². The zero-order valence-electron chi connectivity index (χ0n) is 9.39. The lowest BCUT2D eigenvalue weighted by molar-refractivity contribution is -0.121. The molecule has 0 heterocycles. The summed E-state index contributed by atoms with van der Waals surface area (Å²) >= 11 is 6.15. The highest BCUT2D eigenvalue weighted by atomic mass is 79.9. The van der Waals surface area contributed by atoms with Crippen molar-refractivity contribution in [3.05, 3.63) is 0 Å². The maximum absolute atomic E-state index is 11.2. The Bertz CT molecular complexity index is 207. The van der Waals surface area contributed by atoms with Gasteiger partial charge in [0, 0.05) is 0 Å². The molecule has 0 aliphatic carbocycles. The van der Waals surface area contributed by atoms with Crippen LogP contribution in [0.2, 0.25) is 0 Å². The number of carbonyl (C=O) groups excluding carboxylic acids is 2. The number of nitrogens with one attached hydrogen (secondary N) is 2. The molecule has 0 rings (SSSR count). The van der Waals surface area contributed by atoms with Gasteiger partial charge in [0.1, 0.15) is 6.17 Å². The van der Waals surface area contributed by atoms with Crippen molar-refractivity contribution in [3.8, 4) is 0 Å². The third-order valence-corrected chi connectivity index (χ3v) is 3.03. The molecule has 0 aliphatic heterocycles. The molecule has 94 valence electrons. The van der Waals surface area contributed by atoms with Crippen molar-refractivity contribution in [1.29, 1.82) is 0 Å². The lowest BCUT2D eigenvalue weighted by Crippen LogP contribution is -2.48.